The summed E-state index contributed by atoms with van der Waals surface area (Å²) in [6.45, 7) is 4.14. The summed E-state index contributed by atoms with van der Waals surface area (Å²) in [6, 6.07) is 10.6. The van der Waals surface area contributed by atoms with Gasteiger partial charge in [-0.1, -0.05) is 6.58 Å². The van der Waals surface area contributed by atoms with Crippen LogP contribution in [-0.4, -0.2) is 30.6 Å². The van der Waals surface area contributed by atoms with Crippen molar-refractivity contribution in [2.45, 2.75) is 35.6 Å². The zero-order chi connectivity index (χ0) is 29.0. The monoisotopic (exact) mass is 633 g/mol. The molecule has 0 amide bonds. The highest BCUT2D eigenvalue weighted by molar-refractivity contribution is 7.95. The second-order valence-electron chi connectivity index (χ2n) is 7.93. The van der Waals surface area contributed by atoms with E-state index in [1.165, 1.54) is 11.3 Å². The van der Waals surface area contributed by atoms with E-state index in [4.69, 9.17) is 9.99 Å². The molecular formula is C23H23NO12S4-2. The number of allylic oxidation sites excluding steroid dienone is 1. The van der Waals surface area contributed by atoms with Crippen molar-refractivity contribution in [2.75, 3.05) is 12.4 Å². The molecule has 3 aromatic rings. The fourth-order valence-corrected chi connectivity index (χ4v) is 6.19. The summed E-state index contributed by atoms with van der Waals surface area (Å²) in [5.41, 5.74) is 1.52. The van der Waals surface area contributed by atoms with Gasteiger partial charge in [-0.15, -0.1) is 11.3 Å². The van der Waals surface area contributed by atoms with Crippen LogP contribution in [0.1, 0.15) is 19.3 Å². The maximum absolute atomic E-state index is 10.8. The predicted molar refractivity (Wildman–Crippen MR) is 138 cm³/mol. The topological polar surface area (TPSA) is 183 Å². The molecule has 3 rings (SSSR count). The summed E-state index contributed by atoms with van der Waals surface area (Å²) in [6.07, 6.45) is 4.60. The third-order valence-corrected chi connectivity index (χ3v) is 8.58. The maximum Gasteiger partial charge on any atom is 0.169 e. The lowest BCUT2D eigenvalue weighted by Gasteiger charge is -2.13. The van der Waals surface area contributed by atoms with Crippen molar-refractivity contribution in [2.24, 2.45) is 0 Å². The molecule has 0 aliphatic carbocycles. The van der Waals surface area contributed by atoms with E-state index >= 15 is 0 Å². The quantitative estimate of drug-likeness (QED) is 0.0410. The first-order chi connectivity index (χ1) is 19.2. The molecule has 218 valence electrons. The van der Waals surface area contributed by atoms with E-state index in [0.717, 1.165) is 22.5 Å². The van der Waals surface area contributed by atoms with Crippen LogP contribution in [-0.2, 0) is 40.3 Å². The van der Waals surface area contributed by atoms with Gasteiger partial charge in [-0.2, -0.15) is 8.67 Å². The van der Waals surface area contributed by atoms with Gasteiger partial charge in [-0.05, 0) is 36.2 Å². The number of hydrogen-bond acceptors (Lipinski definition) is 15. The zero-order valence-corrected chi connectivity index (χ0v) is 23.9. The van der Waals surface area contributed by atoms with E-state index in [9.17, 15) is 23.5 Å². The molecule has 1 aromatic carbocycles. The van der Waals surface area contributed by atoms with E-state index < -0.39 is 15.9 Å². The second-order valence-corrected chi connectivity index (χ2v) is 12.0. The Balaban J connectivity index is 1.83. The molecule has 0 saturated heterocycles. The number of aromatic nitrogens is 1. The smallest absolute Gasteiger partial charge is 0.169 e. The number of nitrogens with zero attached hydrogens (tertiary/aromatic N) is 1. The van der Waals surface area contributed by atoms with Crippen LogP contribution in [0.3, 0.4) is 0 Å². The van der Waals surface area contributed by atoms with Crippen molar-refractivity contribution >= 4 is 45.5 Å². The summed E-state index contributed by atoms with van der Waals surface area (Å²) in [4.78, 5) is 6.58. The molecule has 0 saturated carbocycles. The molecule has 1 N–H and O–H groups in total. The van der Waals surface area contributed by atoms with Crippen LogP contribution in [0, 0.1) is 0 Å². The third kappa shape index (κ3) is 10.3. The summed E-state index contributed by atoms with van der Waals surface area (Å²) in [7, 11) is -4.27. The van der Waals surface area contributed by atoms with Gasteiger partial charge in [-0.3, -0.25) is 10.1 Å². The molecule has 17 heteroatoms. The Morgan fingerprint density at radius 1 is 1.00 bits per heavy atom. The van der Waals surface area contributed by atoms with Crippen molar-refractivity contribution in [1.82, 2.24) is 0 Å². The first-order valence-corrected chi connectivity index (χ1v) is 15.2. The number of pyridine rings is 1. The Bertz CT molecular complexity index is 1350. The van der Waals surface area contributed by atoms with Crippen LogP contribution in [0.4, 0.5) is 0 Å². The van der Waals surface area contributed by atoms with Gasteiger partial charge < -0.3 is 24.7 Å². The Morgan fingerprint density at radius 3 is 2.35 bits per heavy atom. The minimum atomic E-state index is -4.27. The normalized spacial score (nSPS) is 11.5. The highest BCUT2D eigenvalue weighted by Crippen LogP contribution is 2.45. The minimum Gasteiger partial charge on any atom is -0.748 e. The van der Waals surface area contributed by atoms with Gasteiger partial charge >= 0.3 is 0 Å². The van der Waals surface area contributed by atoms with Gasteiger partial charge in [0.05, 0.1) is 55.5 Å². The lowest BCUT2D eigenvalue weighted by atomic mass is 10.1. The molecule has 0 bridgehead atoms. The number of ether oxygens (including phenoxy) is 1. The lowest BCUT2D eigenvalue weighted by Crippen LogP contribution is -2.33. The van der Waals surface area contributed by atoms with E-state index in [-0.39, 0.29) is 18.8 Å². The van der Waals surface area contributed by atoms with Crippen LogP contribution in [0.15, 0.2) is 70.9 Å². The predicted octanol–water partition coefficient (Wildman–Crippen LogP) is 2.93. The van der Waals surface area contributed by atoms with Crippen LogP contribution in [0.2, 0.25) is 0 Å². The molecule has 0 aliphatic heterocycles. The van der Waals surface area contributed by atoms with Gasteiger partial charge in [0.15, 0.2) is 12.4 Å². The summed E-state index contributed by atoms with van der Waals surface area (Å²) < 4.78 is 49.1. The zero-order valence-electron chi connectivity index (χ0n) is 20.6. The number of aryl methyl sites for hydroxylation is 1. The SMILES string of the molecule is C=C(CCCOc1ccc(-c2sc(-c3cc[n+](CCCS(=O)(=O)[O-])cc3)cc2SOO[O-])cc1SOO[O-])OO. The second kappa shape index (κ2) is 16.2. The van der Waals surface area contributed by atoms with Gasteiger partial charge in [0.1, 0.15) is 18.1 Å². The van der Waals surface area contributed by atoms with E-state index in [1.54, 1.807) is 41.2 Å². The molecule has 40 heavy (non-hydrogen) atoms. The van der Waals surface area contributed by atoms with Gasteiger partial charge in [0, 0.05) is 41.2 Å². The summed E-state index contributed by atoms with van der Waals surface area (Å²) in [5, 5.41) is 36.6. The maximum atomic E-state index is 10.8. The number of benzene rings is 1. The molecule has 2 aromatic heterocycles. The molecule has 0 spiro atoms. The van der Waals surface area contributed by atoms with Crippen LogP contribution in [0.5, 0.6) is 5.75 Å². The molecule has 0 atom stereocenters. The van der Waals surface area contributed by atoms with Crippen LogP contribution >= 0.6 is 35.4 Å². The number of rotatable bonds is 18. The fourth-order valence-electron chi connectivity index (χ4n) is 3.41. The third-order valence-electron chi connectivity index (χ3n) is 5.18. The van der Waals surface area contributed by atoms with Crippen LogP contribution < -0.4 is 19.8 Å². The summed E-state index contributed by atoms with van der Waals surface area (Å²) >= 11 is 2.76. The van der Waals surface area contributed by atoms with Crippen molar-refractivity contribution in [3.05, 3.63) is 61.1 Å². The Labute approximate surface area is 242 Å². The summed E-state index contributed by atoms with van der Waals surface area (Å²) in [5.74, 6) is 0.161. The highest BCUT2D eigenvalue weighted by Gasteiger charge is 2.18. The van der Waals surface area contributed by atoms with E-state index in [1.807, 2.05) is 12.1 Å². The first-order valence-electron chi connectivity index (χ1n) is 11.3. The Kier molecular flexibility index (Phi) is 13.1. The standard InChI is InChI=1S/C23H25NO12S4/c1-16(32-25)4-2-12-31-19-6-5-18(14-21(19)38-35-33-26)23-22(39-36-34-27)15-20(37-23)17-7-10-24(11-8-17)9-3-13-40(28,29)30/h5-8,10-11,14-15H,1-4,9,12-13H2,(H3-,25,26,27,28,29,30)/p-2. The van der Waals surface area contributed by atoms with Gasteiger partial charge in [0.2, 0.25) is 0 Å². The first kappa shape index (κ1) is 32.3. The molecular weight excluding hydrogens is 611 g/mol. The molecule has 2 heterocycles. The largest absolute Gasteiger partial charge is 0.748 e. The Hall–Kier alpha value is -2.26. The van der Waals surface area contributed by atoms with E-state index in [2.05, 4.69) is 30.2 Å². The number of thiophene rings is 1. The molecule has 13 nitrogen and oxygen atoms in total. The van der Waals surface area contributed by atoms with Gasteiger partial charge in [0.25, 0.3) is 0 Å². The van der Waals surface area contributed by atoms with Crippen molar-refractivity contribution < 1.29 is 61.7 Å². The molecule has 0 unspecified atom stereocenters. The highest BCUT2D eigenvalue weighted by atomic mass is 32.2. The number of hydrogen-bond donors (Lipinski definition) is 1. The van der Waals surface area contributed by atoms with Gasteiger partial charge in [-0.25, -0.2) is 18.2 Å². The average molecular weight is 634 g/mol. The fraction of sp³-hybridized carbons (Fsp3) is 0.261. The Morgan fingerprint density at radius 2 is 1.70 bits per heavy atom. The average Bonchev–Trinajstić information content (AvgIpc) is 3.37. The van der Waals surface area contributed by atoms with Crippen LogP contribution in [0.25, 0.3) is 20.9 Å². The molecule has 0 aliphatic rings. The van der Waals surface area contributed by atoms with Crippen molar-refractivity contribution in [1.29, 1.82) is 0 Å². The molecule has 0 radical (unpaired) electrons. The van der Waals surface area contributed by atoms with E-state index in [0.29, 0.717) is 57.4 Å². The van der Waals surface area contributed by atoms with Crippen molar-refractivity contribution in [3.8, 4) is 26.6 Å². The van der Waals surface area contributed by atoms with Crippen molar-refractivity contribution in [3.63, 3.8) is 0 Å². The lowest BCUT2D eigenvalue weighted by molar-refractivity contribution is -0.777. The molecule has 0 fully saturated rings. The minimum absolute atomic E-state index is 0.194.